The van der Waals surface area contributed by atoms with Gasteiger partial charge in [0.2, 0.25) is 0 Å². The van der Waals surface area contributed by atoms with E-state index in [1.54, 1.807) is 0 Å². The molecule has 0 heterocycles. The van der Waals surface area contributed by atoms with Gasteiger partial charge in [-0.3, -0.25) is 0 Å². The molecule has 0 saturated heterocycles. The standard InChI is InChI=1S/C16H25NO/c1-2-13-6-5-8-15(12-13)18-16-9-4-3-7-14(16)10-11-17/h3-4,7,9,13,15H,2,5-6,8,10-12,17H2,1H3. The minimum absolute atomic E-state index is 0.405. The van der Waals surface area contributed by atoms with Crippen LogP contribution in [0.2, 0.25) is 0 Å². The highest BCUT2D eigenvalue weighted by atomic mass is 16.5. The smallest absolute Gasteiger partial charge is 0.122 e. The molecule has 0 spiro atoms. The Bertz CT molecular complexity index is 364. The van der Waals surface area contributed by atoms with Crippen LogP contribution in [0.4, 0.5) is 0 Å². The second-order valence-corrected chi connectivity index (χ2v) is 5.33. The third-order valence-corrected chi connectivity index (χ3v) is 3.99. The fourth-order valence-electron chi connectivity index (χ4n) is 2.88. The summed E-state index contributed by atoms with van der Waals surface area (Å²) in [7, 11) is 0. The van der Waals surface area contributed by atoms with Crippen molar-refractivity contribution in [2.75, 3.05) is 6.54 Å². The summed E-state index contributed by atoms with van der Waals surface area (Å²) >= 11 is 0. The quantitative estimate of drug-likeness (QED) is 0.863. The van der Waals surface area contributed by atoms with Crippen LogP contribution in [-0.4, -0.2) is 12.6 Å². The van der Waals surface area contributed by atoms with Gasteiger partial charge in [-0.25, -0.2) is 0 Å². The van der Waals surface area contributed by atoms with Crippen molar-refractivity contribution in [1.29, 1.82) is 0 Å². The molecule has 2 atom stereocenters. The number of nitrogens with two attached hydrogens (primary N) is 1. The molecule has 2 rings (SSSR count). The Morgan fingerprint density at radius 2 is 2.11 bits per heavy atom. The average molecular weight is 247 g/mol. The lowest BCUT2D eigenvalue weighted by Gasteiger charge is -2.29. The highest BCUT2D eigenvalue weighted by Gasteiger charge is 2.22. The second kappa shape index (κ2) is 6.79. The first-order valence-electron chi connectivity index (χ1n) is 7.28. The third kappa shape index (κ3) is 3.49. The van der Waals surface area contributed by atoms with Crippen molar-refractivity contribution in [3.63, 3.8) is 0 Å². The van der Waals surface area contributed by atoms with Gasteiger partial charge in [-0.05, 0) is 49.8 Å². The van der Waals surface area contributed by atoms with Crippen molar-refractivity contribution in [2.24, 2.45) is 11.7 Å². The molecule has 2 N–H and O–H groups in total. The predicted molar refractivity (Wildman–Crippen MR) is 75.9 cm³/mol. The van der Waals surface area contributed by atoms with Gasteiger partial charge in [0.25, 0.3) is 0 Å². The maximum Gasteiger partial charge on any atom is 0.122 e. The topological polar surface area (TPSA) is 35.2 Å². The summed E-state index contributed by atoms with van der Waals surface area (Å²) in [6.45, 7) is 2.97. The first-order valence-corrected chi connectivity index (χ1v) is 7.28. The first-order chi connectivity index (χ1) is 8.83. The van der Waals surface area contributed by atoms with Gasteiger partial charge in [-0.15, -0.1) is 0 Å². The lowest BCUT2D eigenvalue weighted by molar-refractivity contribution is 0.121. The van der Waals surface area contributed by atoms with E-state index in [-0.39, 0.29) is 0 Å². The Balaban J connectivity index is 1.99. The van der Waals surface area contributed by atoms with Crippen LogP contribution in [0.25, 0.3) is 0 Å². The lowest BCUT2D eigenvalue weighted by Crippen LogP contribution is -2.25. The van der Waals surface area contributed by atoms with Crippen molar-refractivity contribution < 1.29 is 4.74 Å². The van der Waals surface area contributed by atoms with E-state index in [0.717, 1.165) is 18.1 Å². The molecule has 100 valence electrons. The van der Waals surface area contributed by atoms with Gasteiger partial charge < -0.3 is 10.5 Å². The Morgan fingerprint density at radius 1 is 1.28 bits per heavy atom. The Kier molecular flexibility index (Phi) is 5.06. The number of hydrogen-bond donors (Lipinski definition) is 1. The van der Waals surface area contributed by atoms with Gasteiger partial charge in [-0.2, -0.15) is 0 Å². The van der Waals surface area contributed by atoms with Gasteiger partial charge in [0.15, 0.2) is 0 Å². The van der Waals surface area contributed by atoms with Crippen molar-refractivity contribution >= 4 is 0 Å². The predicted octanol–water partition coefficient (Wildman–Crippen LogP) is 3.54. The van der Waals surface area contributed by atoms with Crippen molar-refractivity contribution in [1.82, 2.24) is 0 Å². The van der Waals surface area contributed by atoms with E-state index in [4.69, 9.17) is 10.5 Å². The normalized spacial score (nSPS) is 23.9. The molecule has 2 nitrogen and oxygen atoms in total. The van der Waals surface area contributed by atoms with E-state index >= 15 is 0 Å². The van der Waals surface area contributed by atoms with E-state index in [9.17, 15) is 0 Å². The molecule has 18 heavy (non-hydrogen) atoms. The summed E-state index contributed by atoms with van der Waals surface area (Å²) < 4.78 is 6.22. The molecule has 1 saturated carbocycles. The number of rotatable bonds is 5. The molecule has 0 amide bonds. The minimum atomic E-state index is 0.405. The summed E-state index contributed by atoms with van der Waals surface area (Å²) in [6, 6.07) is 8.33. The number of ether oxygens (including phenoxy) is 1. The molecule has 0 aliphatic heterocycles. The van der Waals surface area contributed by atoms with Crippen molar-refractivity contribution in [2.45, 2.75) is 51.6 Å². The van der Waals surface area contributed by atoms with Crippen LogP contribution in [0.5, 0.6) is 5.75 Å². The second-order valence-electron chi connectivity index (χ2n) is 5.33. The van der Waals surface area contributed by atoms with Crippen LogP contribution in [-0.2, 0) is 6.42 Å². The molecule has 1 aromatic rings. The lowest BCUT2D eigenvalue weighted by atomic mass is 9.85. The molecular weight excluding hydrogens is 222 g/mol. The summed E-state index contributed by atoms with van der Waals surface area (Å²) in [5.74, 6) is 1.90. The van der Waals surface area contributed by atoms with E-state index in [0.29, 0.717) is 12.6 Å². The van der Waals surface area contributed by atoms with E-state index in [2.05, 4.69) is 31.2 Å². The van der Waals surface area contributed by atoms with Crippen molar-refractivity contribution in [3.05, 3.63) is 29.8 Å². The maximum absolute atomic E-state index is 6.22. The van der Waals surface area contributed by atoms with E-state index < -0.39 is 0 Å². The van der Waals surface area contributed by atoms with E-state index in [1.807, 2.05) is 0 Å². The molecule has 2 heteroatoms. The average Bonchev–Trinajstić information content (AvgIpc) is 2.41. The summed E-state index contributed by atoms with van der Waals surface area (Å²) in [5, 5.41) is 0. The molecule has 0 radical (unpaired) electrons. The zero-order valence-electron chi connectivity index (χ0n) is 11.4. The summed E-state index contributed by atoms with van der Waals surface area (Å²) in [5.41, 5.74) is 6.90. The monoisotopic (exact) mass is 247 g/mol. The van der Waals surface area contributed by atoms with Crippen LogP contribution in [0.15, 0.2) is 24.3 Å². The van der Waals surface area contributed by atoms with Crippen LogP contribution in [0, 0.1) is 5.92 Å². The zero-order chi connectivity index (χ0) is 12.8. The fraction of sp³-hybridized carbons (Fsp3) is 0.625. The largest absolute Gasteiger partial charge is 0.490 e. The maximum atomic E-state index is 6.22. The number of para-hydroxylation sites is 1. The Labute approximate surface area is 111 Å². The van der Waals surface area contributed by atoms with Crippen molar-refractivity contribution in [3.8, 4) is 5.75 Å². The molecule has 2 unspecified atom stereocenters. The van der Waals surface area contributed by atoms with Gasteiger partial charge in [0.05, 0.1) is 6.10 Å². The molecule has 0 aromatic heterocycles. The molecule has 1 aliphatic carbocycles. The molecule has 1 aliphatic rings. The summed E-state index contributed by atoms with van der Waals surface area (Å²) in [6.07, 6.45) is 7.69. The SMILES string of the molecule is CCC1CCCC(Oc2ccccc2CCN)C1. The molecular formula is C16H25NO. The first kappa shape index (κ1) is 13.4. The molecule has 1 fully saturated rings. The molecule has 1 aromatic carbocycles. The number of hydrogen-bond acceptors (Lipinski definition) is 2. The van der Waals surface area contributed by atoms with Crippen LogP contribution in [0.1, 0.15) is 44.6 Å². The zero-order valence-corrected chi connectivity index (χ0v) is 11.4. The summed E-state index contributed by atoms with van der Waals surface area (Å²) in [4.78, 5) is 0. The highest BCUT2D eigenvalue weighted by molar-refractivity contribution is 5.33. The van der Waals surface area contributed by atoms with Gasteiger partial charge >= 0.3 is 0 Å². The van der Waals surface area contributed by atoms with Crippen LogP contribution >= 0.6 is 0 Å². The number of benzene rings is 1. The van der Waals surface area contributed by atoms with Gasteiger partial charge in [-0.1, -0.05) is 38.0 Å². The Morgan fingerprint density at radius 3 is 2.89 bits per heavy atom. The Hall–Kier alpha value is -1.02. The fourth-order valence-corrected chi connectivity index (χ4v) is 2.88. The highest BCUT2D eigenvalue weighted by Crippen LogP contribution is 2.30. The van der Waals surface area contributed by atoms with Gasteiger partial charge in [0.1, 0.15) is 5.75 Å². The minimum Gasteiger partial charge on any atom is -0.490 e. The van der Waals surface area contributed by atoms with Crippen LogP contribution in [0.3, 0.4) is 0 Å². The van der Waals surface area contributed by atoms with Gasteiger partial charge in [0, 0.05) is 0 Å². The third-order valence-electron chi connectivity index (χ3n) is 3.99. The van der Waals surface area contributed by atoms with E-state index in [1.165, 1.54) is 37.7 Å². The van der Waals surface area contributed by atoms with Crippen LogP contribution < -0.4 is 10.5 Å². The molecule has 0 bridgehead atoms.